The van der Waals surface area contributed by atoms with Crippen molar-refractivity contribution in [2.24, 2.45) is 28.7 Å². The molecule has 52 heavy (non-hydrogen) atoms. The summed E-state index contributed by atoms with van der Waals surface area (Å²) in [5.41, 5.74) is 5.22. The number of ketones is 1. The standard InChI is InChI=1S/C42H52F4N4O2/c1-25(2)34(22-37(51)29-11-15-41(43,44)16-12-29)39-48-24-36(49-39)33-10-9-31-19-27(7-8-32(31)21-33)5-6-28-20-35(47-23-28)38(26(3)4)50-40(52)30-13-17-42(45,46)18-14-30/h7-10,19,21,23-26,29-30,34,38H,5-6,11-18,20,22H2,1-4H3,(H,48,49)(H,50,52)/t34-,38-/m0/s1. The number of carbonyl (C=O) groups is 2. The van der Waals surface area contributed by atoms with Gasteiger partial charge in [-0.15, -0.1) is 0 Å². The Labute approximate surface area is 304 Å². The first kappa shape index (κ1) is 37.9. The molecule has 0 radical (unpaired) electrons. The first-order valence-corrected chi connectivity index (χ1v) is 19.1. The van der Waals surface area contributed by atoms with Gasteiger partial charge in [0.2, 0.25) is 17.8 Å². The number of hydrogen-bond donors (Lipinski definition) is 2. The number of aromatic amines is 1. The van der Waals surface area contributed by atoms with Crippen molar-refractivity contribution in [3.05, 3.63) is 65.8 Å². The van der Waals surface area contributed by atoms with Gasteiger partial charge in [0.05, 0.1) is 17.9 Å². The number of amides is 1. The van der Waals surface area contributed by atoms with Crippen LogP contribution in [0.1, 0.15) is 116 Å². The number of rotatable bonds is 13. The molecule has 2 N–H and O–H groups in total. The van der Waals surface area contributed by atoms with Crippen LogP contribution in [0.2, 0.25) is 0 Å². The van der Waals surface area contributed by atoms with E-state index < -0.39 is 11.8 Å². The summed E-state index contributed by atoms with van der Waals surface area (Å²) in [5, 5.41) is 5.36. The summed E-state index contributed by atoms with van der Waals surface area (Å²) >= 11 is 0. The molecule has 0 bridgehead atoms. The molecule has 2 fully saturated rings. The van der Waals surface area contributed by atoms with E-state index in [0.717, 1.165) is 46.4 Å². The molecule has 1 aromatic heterocycles. The summed E-state index contributed by atoms with van der Waals surface area (Å²) < 4.78 is 54.6. The zero-order chi connectivity index (χ0) is 37.2. The van der Waals surface area contributed by atoms with Crippen molar-refractivity contribution in [2.75, 3.05) is 0 Å². The van der Waals surface area contributed by atoms with E-state index in [2.05, 4.69) is 65.5 Å². The Kier molecular flexibility index (Phi) is 11.4. The Bertz CT molecular complexity index is 1810. The average molecular weight is 721 g/mol. The zero-order valence-corrected chi connectivity index (χ0v) is 30.8. The predicted molar refractivity (Wildman–Crippen MR) is 198 cm³/mol. The monoisotopic (exact) mass is 720 g/mol. The van der Waals surface area contributed by atoms with Crippen molar-refractivity contribution in [1.82, 2.24) is 15.3 Å². The first-order valence-electron chi connectivity index (χ1n) is 19.1. The molecule has 1 amide bonds. The zero-order valence-electron chi connectivity index (χ0n) is 30.8. The molecule has 2 aliphatic carbocycles. The highest BCUT2D eigenvalue weighted by Crippen LogP contribution is 2.39. The number of carbonyl (C=O) groups excluding carboxylic acids is 2. The molecular formula is C42H52F4N4O2. The highest BCUT2D eigenvalue weighted by Gasteiger charge is 2.39. The SMILES string of the molecule is CC(C)[C@H](NC(=O)C1CCC(F)(F)CC1)C1=NC=C(CCc2ccc3cc(-c4cnc([C@@H](CC(=O)C5CCC(F)(F)CC5)C(C)C)[nH]4)ccc3c2)C1. The summed E-state index contributed by atoms with van der Waals surface area (Å²) in [6, 6.07) is 12.6. The van der Waals surface area contributed by atoms with E-state index in [-0.39, 0.29) is 98.7 Å². The van der Waals surface area contributed by atoms with E-state index in [4.69, 9.17) is 4.99 Å². The van der Waals surface area contributed by atoms with Crippen LogP contribution < -0.4 is 5.32 Å². The predicted octanol–water partition coefficient (Wildman–Crippen LogP) is 10.4. The van der Waals surface area contributed by atoms with Crippen molar-refractivity contribution in [2.45, 2.75) is 129 Å². The molecule has 0 spiro atoms. The Hall–Kier alpha value is -3.82. The first-order chi connectivity index (χ1) is 24.7. The third kappa shape index (κ3) is 9.21. The largest absolute Gasteiger partial charge is 0.348 e. The summed E-state index contributed by atoms with van der Waals surface area (Å²) in [7, 11) is 0. The normalized spacial score (nSPS) is 20.6. The van der Waals surface area contributed by atoms with E-state index in [0.29, 0.717) is 12.8 Å². The molecule has 6 nitrogen and oxygen atoms in total. The van der Waals surface area contributed by atoms with E-state index in [1.54, 1.807) is 0 Å². The summed E-state index contributed by atoms with van der Waals surface area (Å²) in [5.74, 6) is -5.13. The number of nitrogens with one attached hydrogen (secondary N) is 2. The average Bonchev–Trinajstić information content (AvgIpc) is 3.78. The highest BCUT2D eigenvalue weighted by molar-refractivity contribution is 5.97. The van der Waals surface area contributed by atoms with Gasteiger partial charge in [-0.2, -0.15) is 0 Å². The van der Waals surface area contributed by atoms with Crippen LogP contribution >= 0.6 is 0 Å². The van der Waals surface area contributed by atoms with Gasteiger partial charge in [0.15, 0.2) is 0 Å². The van der Waals surface area contributed by atoms with Crippen LogP contribution in [0.3, 0.4) is 0 Å². The minimum atomic E-state index is -2.66. The number of imidazole rings is 1. The third-order valence-electron chi connectivity index (χ3n) is 11.5. The molecular weight excluding hydrogens is 668 g/mol. The lowest BCUT2D eigenvalue weighted by Crippen LogP contribution is -2.47. The van der Waals surface area contributed by atoms with Gasteiger partial charge in [-0.25, -0.2) is 22.5 Å². The van der Waals surface area contributed by atoms with Gasteiger partial charge >= 0.3 is 0 Å². The number of aryl methyl sites for hydroxylation is 1. The minimum Gasteiger partial charge on any atom is -0.348 e. The van der Waals surface area contributed by atoms with Crippen molar-refractivity contribution in [1.29, 1.82) is 0 Å². The molecule has 0 saturated heterocycles. The number of Topliss-reactive ketones (excluding diaryl/α,β-unsaturated/α-hetero) is 1. The molecule has 2 saturated carbocycles. The van der Waals surface area contributed by atoms with Gasteiger partial charge in [-0.05, 0) is 78.3 Å². The smallest absolute Gasteiger partial charge is 0.248 e. The molecule has 2 heterocycles. The van der Waals surface area contributed by atoms with Crippen molar-refractivity contribution in [3.8, 4) is 11.3 Å². The second kappa shape index (κ2) is 15.7. The summed E-state index contributed by atoms with van der Waals surface area (Å²) in [6.07, 6.45) is 6.47. The Morgan fingerprint density at radius 3 is 2.13 bits per heavy atom. The maximum absolute atomic E-state index is 13.7. The fourth-order valence-corrected chi connectivity index (χ4v) is 8.04. The number of hydrogen-bond acceptors (Lipinski definition) is 4. The number of fused-ring (bicyclic) bond motifs is 1. The molecule has 3 aromatic rings. The molecule has 0 unspecified atom stereocenters. The quantitative estimate of drug-likeness (QED) is 0.172. The van der Waals surface area contributed by atoms with Gasteiger partial charge in [0, 0.05) is 73.8 Å². The third-order valence-corrected chi connectivity index (χ3v) is 11.5. The molecule has 3 aliphatic rings. The molecule has 10 heteroatoms. The lowest BCUT2D eigenvalue weighted by atomic mass is 9.79. The maximum Gasteiger partial charge on any atom is 0.248 e. The lowest BCUT2D eigenvalue weighted by molar-refractivity contribution is -0.130. The Morgan fingerprint density at radius 2 is 1.48 bits per heavy atom. The van der Waals surface area contributed by atoms with Gasteiger partial charge in [0.1, 0.15) is 11.6 Å². The number of alkyl halides is 4. The Morgan fingerprint density at radius 1 is 0.846 bits per heavy atom. The molecule has 280 valence electrons. The van der Waals surface area contributed by atoms with Gasteiger partial charge < -0.3 is 10.3 Å². The van der Waals surface area contributed by atoms with Crippen LogP contribution in [0.15, 0.2) is 59.4 Å². The van der Waals surface area contributed by atoms with Crippen LogP contribution in [0.25, 0.3) is 22.0 Å². The van der Waals surface area contributed by atoms with Crippen molar-refractivity contribution < 1.29 is 27.2 Å². The number of aromatic nitrogens is 2. The summed E-state index contributed by atoms with van der Waals surface area (Å²) in [4.78, 5) is 38.9. The van der Waals surface area contributed by atoms with Crippen LogP contribution in [-0.4, -0.2) is 45.3 Å². The molecule has 2 atom stereocenters. The van der Waals surface area contributed by atoms with Crippen molar-refractivity contribution >= 4 is 28.2 Å². The number of nitrogens with zero attached hydrogens (tertiary/aromatic N) is 2. The van der Waals surface area contributed by atoms with Crippen molar-refractivity contribution in [3.63, 3.8) is 0 Å². The number of halogens is 4. The van der Waals surface area contributed by atoms with Crippen LogP contribution in [-0.2, 0) is 16.0 Å². The Balaban J connectivity index is 1.03. The van der Waals surface area contributed by atoms with E-state index in [9.17, 15) is 27.2 Å². The fraction of sp³-hybridized carbons (Fsp3) is 0.571. The number of benzene rings is 2. The summed E-state index contributed by atoms with van der Waals surface area (Å²) in [6.45, 7) is 8.22. The molecule has 6 rings (SSSR count). The van der Waals surface area contributed by atoms with E-state index >= 15 is 0 Å². The van der Waals surface area contributed by atoms with E-state index in [1.807, 2.05) is 26.2 Å². The number of aliphatic imine (C=N–C) groups is 1. The minimum absolute atomic E-state index is 0.0579. The van der Waals surface area contributed by atoms with Gasteiger partial charge in [-0.3, -0.25) is 14.6 Å². The van der Waals surface area contributed by atoms with Gasteiger partial charge in [-0.1, -0.05) is 58.0 Å². The fourth-order valence-electron chi connectivity index (χ4n) is 8.04. The molecule has 1 aliphatic heterocycles. The van der Waals surface area contributed by atoms with Gasteiger partial charge in [0.25, 0.3) is 0 Å². The topological polar surface area (TPSA) is 87.2 Å². The maximum atomic E-state index is 13.7. The van der Waals surface area contributed by atoms with Crippen LogP contribution in [0, 0.1) is 23.7 Å². The highest BCUT2D eigenvalue weighted by atomic mass is 19.3. The molecule has 2 aromatic carbocycles. The lowest BCUT2D eigenvalue weighted by Gasteiger charge is -2.30. The number of allylic oxidation sites excluding steroid dienone is 1. The van der Waals surface area contributed by atoms with E-state index in [1.165, 1.54) is 11.1 Å². The second-order valence-corrected chi connectivity index (χ2v) is 16.2. The number of H-pyrrole nitrogens is 1. The van der Waals surface area contributed by atoms with Crippen LogP contribution in [0.4, 0.5) is 17.6 Å². The second-order valence-electron chi connectivity index (χ2n) is 16.2. The van der Waals surface area contributed by atoms with Crippen LogP contribution in [0.5, 0.6) is 0 Å².